The summed E-state index contributed by atoms with van der Waals surface area (Å²) >= 11 is 6.35. The lowest BCUT2D eigenvalue weighted by Gasteiger charge is -2.23. The van der Waals surface area contributed by atoms with E-state index in [1.807, 2.05) is 32.0 Å². The first-order chi connectivity index (χ1) is 11.3. The van der Waals surface area contributed by atoms with Gasteiger partial charge in [0.2, 0.25) is 11.8 Å². The highest BCUT2D eigenvalue weighted by molar-refractivity contribution is 6.36. The third-order valence-corrected chi connectivity index (χ3v) is 5.22. The van der Waals surface area contributed by atoms with Gasteiger partial charge in [-0.25, -0.2) is 0 Å². The second-order valence-corrected chi connectivity index (χ2v) is 7.04. The molecule has 1 aliphatic rings. The van der Waals surface area contributed by atoms with Crippen molar-refractivity contribution in [1.29, 1.82) is 0 Å². The summed E-state index contributed by atoms with van der Waals surface area (Å²) in [5.41, 5.74) is 1.61. The van der Waals surface area contributed by atoms with Crippen LogP contribution in [0.1, 0.15) is 25.8 Å². The molecule has 0 spiro atoms. The van der Waals surface area contributed by atoms with Crippen molar-refractivity contribution in [3.8, 4) is 0 Å². The molecule has 1 unspecified atom stereocenters. The van der Waals surface area contributed by atoms with Crippen LogP contribution < -0.4 is 5.32 Å². The Labute approximate surface area is 146 Å². The second-order valence-electron chi connectivity index (χ2n) is 6.66. The van der Waals surface area contributed by atoms with Gasteiger partial charge >= 0.3 is 0 Å². The average Bonchev–Trinajstić information content (AvgIpc) is 2.95. The molecule has 2 amide bonds. The SMILES string of the molecule is CC(=O)N1CCC(C)(C(=O)Nc2cccc3c(Cl)c(C)cnc23)C1. The third kappa shape index (κ3) is 2.84. The fourth-order valence-electron chi connectivity index (χ4n) is 3.08. The number of para-hydroxylation sites is 1. The lowest BCUT2D eigenvalue weighted by molar-refractivity contribution is -0.129. The molecule has 1 aromatic carbocycles. The molecule has 3 rings (SSSR count). The first-order valence-electron chi connectivity index (χ1n) is 7.92. The van der Waals surface area contributed by atoms with Crippen LogP contribution in [-0.2, 0) is 9.59 Å². The number of anilines is 1. The van der Waals surface area contributed by atoms with E-state index in [1.54, 1.807) is 11.1 Å². The quantitative estimate of drug-likeness (QED) is 0.907. The first kappa shape index (κ1) is 16.7. The minimum absolute atomic E-state index is 0.000564. The van der Waals surface area contributed by atoms with E-state index < -0.39 is 5.41 Å². The largest absolute Gasteiger partial charge is 0.342 e. The Morgan fingerprint density at radius 2 is 2.12 bits per heavy atom. The van der Waals surface area contributed by atoms with Gasteiger partial charge in [-0.15, -0.1) is 0 Å². The number of fused-ring (bicyclic) bond motifs is 1. The highest BCUT2D eigenvalue weighted by atomic mass is 35.5. The lowest BCUT2D eigenvalue weighted by atomic mass is 9.88. The van der Waals surface area contributed by atoms with Crippen LogP contribution in [-0.4, -0.2) is 34.8 Å². The number of halogens is 1. The second kappa shape index (κ2) is 6.06. The van der Waals surface area contributed by atoms with Crippen LogP contribution in [0.2, 0.25) is 5.02 Å². The summed E-state index contributed by atoms with van der Waals surface area (Å²) in [5, 5.41) is 4.44. The summed E-state index contributed by atoms with van der Waals surface area (Å²) in [5.74, 6) is -0.0992. The number of likely N-dealkylation sites (tertiary alicyclic amines) is 1. The number of amides is 2. The van der Waals surface area contributed by atoms with Gasteiger partial charge in [0.05, 0.1) is 21.6 Å². The van der Waals surface area contributed by atoms with E-state index in [1.165, 1.54) is 6.92 Å². The molecule has 6 heteroatoms. The average molecular weight is 346 g/mol. The minimum Gasteiger partial charge on any atom is -0.342 e. The van der Waals surface area contributed by atoms with Gasteiger partial charge in [0, 0.05) is 31.6 Å². The van der Waals surface area contributed by atoms with Gasteiger partial charge in [0.15, 0.2) is 0 Å². The van der Waals surface area contributed by atoms with Crippen LogP contribution in [0.15, 0.2) is 24.4 Å². The van der Waals surface area contributed by atoms with Crippen molar-refractivity contribution >= 4 is 40.0 Å². The summed E-state index contributed by atoms with van der Waals surface area (Å²) in [6.45, 7) is 6.36. The van der Waals surface area contributed by atoms with Crippen LogP contribution in [0.5, 0.6) is 0 Å². The fraction of sp³-hybridized carbons (Fsp3) is 0.389. The van der Waals surface area contributed by atoms with Crippen LogP contribution in [0.25, 0.3) is 10.9 Å². The van der Waals surface area contributed by atoms with Crippen molar-refractivity contribution < 1.29 is 9.59 Å². The number of hydrogen-bond donors (Lipinski definition) is 1. The van der Waals surface area contributed by atoms with E-state index in [0.717, 1.165) is 10.9 Å². The lowest BCUT2D eigenvalue weighted by Crippen LogP contribution is -2.37. The molecule has 0 saturated carbocycles. The number of carbonyl (C=O) groups is 2. The van der Waals surface area contributed by atoms with Gasteiger partial charge in [-0.1, -0.05) is 23.7 Å². The van der Waals surface area contributed by atoms with Crippen LogP contribution in [0.3, 0.4) is 0 Å². The van der Waals surface area contributed by atoms with Gasteiger partial charge in [-0.05, 0) is 31.9 Å². The Kier molecular flexibility index (Phi) is 4.22. The normalized spacial score (nSPS) is 20.4. The highest BCUT2D eigenvalue weighted by Crippen LogP contribution is 2.34. The number of benzene rings is 1. The monoisotopic (exact) mass is 345 g/mol. The maximum Gasteiger partial charge on any atom is 0.232 e. The Hall–Kier alpha value is -2.14. The standard InChI is InChI=1S/C18H20ClN3O2/c1-11-9-20-16-13(15(11)19)5-4-6-14(16)21-17(24)18(3)7-8-22(10-18)12(2)23/h4-6,9H,7-8,10H2,1-3H3,(H,21,24). The Morgan fingerprint density at radius 1 is 1.38 bits per heavy atom. The Balaban J connectivity index is 1.89. The predicted octanol–water partition coefficient (Wildman–Crippen LogP) is 3.39. The van der Waals surface area contributed by atoms with Crippen molar-refractivity contribution in [2.24, 2.45) is 5.41 Å². The number of nitrogens with one attached hydrogen (secondary N) is 1. The summed E-state index contributed by atoms with van der Waals surface area (Å²) in [6.07, 6.45) is 2.35. The Morgan fingerprint density at radius 3 is 2.79 bits per heavy atom. The molecule has 0 radical (unpaired) electrons. The van der Waals surface area contributed by atoms with Gasteiger partial charge in [0.1, 0.15) is 0 Å². The topological polar surface area (TPSA) is 62.3 Å². The molecular weight excluding hydrogens is 326 g/mol. The number of aromatic nitrogens is 1. The molecule has 126 valence electrons. The molecule has 1 fully saturated rings. The summed E-state index contributed by atoms with van der Waals surface area (Å²) in [6, 6.07) is 5.56. The van der Waals surface area contributed by atoms with Crippen molar-refractivity contribution in [3.63, 3.8) is 0 Å². The number of nitrogens with zero attached hydrogens (tertiary/aromatic N) is 2. The number of carbonyl (C=O) groups excluding carboxylic acids is 2. The smallest absolute Gasteiger partial charge is 0.232 e. The van der Waals surface area contributed by atoms with E-state index in [9.17, 15) is 9.59 Å². The molecular formula is C18H20ClN3O2. The number of aryl methyl sites for hydroxylation is 1. The highest BCUT2D eigenvalue weighted by Gasteiger charge is 2.41. The summed E-state index contributed by atoms with van der Waals surface area (Å²) in [7, 11) is 0. The molecule has 0 aliphatic carbocycles. The number of pyridine rings is 1. The van der Waals surface area contributed by atoms with Gasteiger partial charge in [-0.3, -0.25) is 14.6 Å². The van der Waals surface area contributed by atoms with E-state index >= 15 is 0 Å². The van der Waals surface area contributed by atoms with Crippen molar-refractivity contribution in [2.75, 3.05) is 18.4 Å². The molecule has 2 aromatic rings. The first-order valence-corrected chi connectivity index (χ1v) is 8.30. The zero-order valence-electron chi connectivity index (χ0n) is 14.0. The molecule has 1 aliphatic heterocycles. The number of rotatable bonds is 2. The molecule has 1 atom stereocenters. The molecule has 1 aromatic heterocycles. The van der Waals surface area contributed by atoms with E-state index in [0.29, 0.717) is 35.7 Å². The molecule has 24 heavy (non-hydrogen) atoms. The van der Waals surface area contributed by atoms with E-state index in [-0.39, 0.29) is 11.8 Å². The van der Waals surface area contributed by atoms with Crippen molar-refractivity contribution in [1.82, 2.24) is 9.88 Å². The molecule has 1 N–H and O–H groups in total. The van der Waals surface area contributed by atoms with E-state index in [4.69, 9.17) is 11.6 Å². The summed E-state index contributed by atoms with van der Waals surface area (Å²) < 4.78 is 0. The van der Waals surface area contributed by atoms with E-state index in [2.05, 4.69) is 10.3 Å². The van der Waals surface area contributed by atoms with Crippen molar-refractivity contribution in [2.45, 2.75) is 27.2 Å². The number of hydrogen-bond acceptors (Lipinski definition) is 3. The van der Waals surface area contributed by atoms with Crippen LogP contribution in [0, 0.1) is 12.3 Å². The Bertz CT molecular complexity index is 836. The van der Waals surface area contributed by atoms with Crippen LogP contribution >= 0.6 is 11.6 Å². The fourth-order valence-corrected chi connectivity index (χ4v) is 3.28. The van der Waals surface area contributed by atoms with Gasteiger partial charge in [0.25, 0.3) is 0 Å². The minimum atomic E-state index is -0.595. The molecule has 1 saturated heterocycles. The molecule has 2 heterocycles. The summed E-state index contributed by atoms with van der Waals surface area (Å²) in [4.78, 5) is 30.5. The van der Waals surface area contributed by atoms with Gasteiger partial charge < -0.3 is 10.2 Å². The molecule has 0 bridgehead atoms. The molecule has 5 nitrogen and oxygen atoms in total. The van der Waals surface area contributed by atoms with Crippen molar-refractivity contribution in [3.05, 3.63) is 35.0 Å². The third-order valence-electron chi connectivity index (χ3n) is 4.72. The maximum atomic E-state index is 12.8. The zero-order chi connectivity index (χ0) is 17.5. The van der Waals surface area contributed by atoms with Crippen LogP contribution in [0.4, 0.5) is 5.69 Å². The predicted molar refractivity (Wildman–Crippen MR) is 95.1 cm³/mol. The van der Waals surface area contributed by atoms with Gasteiger partial charge in [-0.2, -0.15) is 0 Å². The zero-order valence-corrected chi connectivity index (χ0v) is 14.8. The maximum absolute atomic E-state index is 12.8.